The van der Waals surface area contributed by atoms with Crippen LogP contribution in [0.4, 0.5) is 5.69 Å². The second kappa shape index (κ2) is 16.6. The van der Waals surface area contributed by atoms with Crippen molar-refractivity contribution < 1.29 is 15.0 Å². The number of hydrogen-bond acceptors (Lipinski definition) is 5. The maximum absolute atomic E-state index is 11.9. The summed E-state index contributed by atoms with van der Waals surface area (Å²) in [5.74, 6) is 0.0612. The minimum absolute atomic E-state index is 0.0612. The number of rotatable bonds is 7. The second-order valence-electron chi connectivity index (χ2n) is 7.78. The quantitative estimate of drug-likeness (QED) is 0.388. The Bertz CT molecular complexity index is 923. The Hall–Kier alpha value is -3.03. The summed E-state index contributed by atoms with van der Waals surface area (Å²) in [6.45, 7) is 10.6. The van der Waals surface area contributed by atoms with E-state index < -0.39 is 6.23 Å². The molecule has 1 atom stereocenters. The summed E-state index contributed by atoms with van der Waals surface area (Å²) in [4.78, 5) is 14.0. The highest BCUT2D eigenvalue weighted by atomic mass is 16.3. The maximum Gasteiger partial charge on any atom is 0.238 e. The zero-order chi connectivity index (χ0) is 25.3. The zero-order valence-corrected chi connectivity index (χ0v) is 20.7. The predicted octanol–water partition coefficient (Wildman–Crippen LogP) is 4.40. The Morgan fingerprint density at radius 2 is 1.38 bits per heavy atom. The van der Waals surface area contributed by atoms with E-state index in [4.69, 9.17) is 15.9 Å². The molecule has 0 aliphatic rings. The number of likely N-dealkylation sites (N-methyl/N-ethyl adjacent to an activating group) is 1. The van der Waals surface area contributed by atoms with Crippen molar-refractivity contribution >= 4 is 11.6 Å². The highest BCUT2D eigenvalue weighted by molar-refractivity contribution is 5.93. The van der Waals surface area contributed by atoms with Gasteiger partial charge >= 0.3 is 0 Å². The number of nitrogens with two attached hydrogens (primary N) is 1. The third-order valence-electron chi connectivity index (χ3n) is 5.17. The molecule has 5 N–H and O–H groups in total. The molecule has 0 aromatic heterocycles. The molecule has 3 rings (SSSR count). The third kappa shape index (κ3) is 11.2. The van der Waals surface area contributed by atoms with Gasteiger partial charge in [0.05, 0.1) is 13.2 Å². The highest BCUT2D eigenvalue weighted by Gasteiger charge is 2.10. The van der Waals surface area contributed by atoms with Crippen molar-refractivity contribution in [3.8, 4) is 0 Å². The molecule has 1 unspecified atom stereocenters. The van der Waals surface area contributed by atoms with Gasteiger partial charge in [0, 0.05) is 5.69 Å². The summed E-state index contributed by atoms with van der Waals surface area (Å²) < 4.78 is 0. The van der Waals surface area contributed by atoms with E-state index in [-0.39, 0.29) is 12.5 Å². The molecule has 0 fully saturated rings. The minimum Gasteiger partial charge on any atom is -0.392 e. The first-order valence-electron chi connectivity index (χ1n) is 11.5. The molecule has 1 amide bonds. The molecule has 0 saturated carbocycles. The number of benzene rings is 3. The van der Waals surface area contributed by atoms with Gasteiger partial charge in [-0.2, -0.15) is 0 Å². The Kier molecular flexibility index (Phi) is 14.1. The van der Waals surface area contributed by atoms with Crippen LogP contribution < -0.4 is 11.1 Å². The van der Waals surface area contributed by atoms with Crippen LogP contribution in [-0.2, 0) is 11.4 Å². The molecular weight excluding hydrogens is 426 g/mol. The van der Waals surface area contributed by atoms with Gasteiger partial charge in [-0.1, -0.05) is 92.7 Å². The zero-order valence-electron chi connectivity index (χ0n) is 20.7. The normalized spacial score (nSPS) is 10.9. The van der Waals surface area contributed by atoms with Gasteiger partial charge in [-0.15, -0.1) is 0 Å². The lowest BCUT2D eigenvalue weighted by atomic mass is 10.1. The van der Waals surface area contributed by atoms with E-state index in [1.807, 2.05) is 80.6 Å². The lowest BCUT2D eigenvalue weighted by Crippen LogP contribution is -2.33. The minimum atomic E-state index is -0.841. The van der Waals surface area contributed by atoms with Crippen LogP contribution in [0.3, 0.4) is 0 Å². The number of anilines is 1. The van der Waals surface area contributed by atoms with Gasteiger partial charge in [0.2, 0.25) is 5.91 Å². The van der Waals surface area contributed by atoms with E-state index in [0.717, 1.165) is 41.0 Å². The molecule has 0 aliphatic heterocycles. The molecule has 6 heteroatoms. The summed E-state index contributed by atoms with van der Waals surface area (Å²) in [5, 5.41) is 20.3. The Morgan fingerprint density at radius 1 is 0.882 bits per heavy atom. The molecule has 34 heavy (non-hydrogen) atoms. The number of amides is 1. The summed E-state index contributed by atoms with van der Waals surface area (Å²) >= 11 is 0. The maximum atomic E-state index is 11.9. The predicted molar refractivity (Wildman–Crippen MR) is 140 cm³/mol. The fourth-order valence-electron chi connectivity index (χ4n) is 3.07. The van der Waals surface area contributed by atoms with E-state index in [2.05, 4.69) is 24.1 Å². The van der Waals surface area contributed by atoms with Crippen LogP contribution in [0.1, 0.15) is 42.3 Å². The first-order chi connectivity index (χ1) is 16.3. The molecule has 184 valence electrons. The number of aliphatic hydroxyl groups is 2. The first kappa shape index (κ1) is 29.0. The number of aryl methyl sites for hydroxylation is 2. The van der Waals surface area contributed by atoms with Crippen molar-refractivity contribution in [2.24, 2.45) is 5.73 Å². The Labute approximate surface area is 204 Å². The van der Waals surface area contributed by atoms with E-state index >= 15 is 0 Å². The lowest BCUT2D eigenvalue weighted by molar-refractivity contribution is -0.117. The van der Waals surface area contributed by atoms with Crippen molar-refractivity contribution in [2.45, 2.75) is 40.5 Å². The summed E-state index contributed by atoms with van der Waals surface area (Å²) in [6, 6.07) is 24.7. The van der Waals surface area contributed by atoms with Crippen LogP contribution in [0.5, 0.6) is 0 Å². The van der Waals surface area contributed by atoms with Crippen molar-refractivity contribution in [1.82, 2.24) is 4.90 Å². The lowest BCUT2D eigenvalue weighted by Gasteiger charge is -2.18. The Balaban J connectivity index is 0.000000284. The number of hydrogen-bond donors (Lipinski definition) is 4. The smallest absolute Gasteiger partial charge is 0.238 e. The third-order valence-corrected chi connectivity index (χ3v) is 5.17. The summed E-state index contributed by atoms with van der Waals surface area (Å²) in [5.41, 5.74) is 10.0. The average molecular weight is 466 g/mol. The highest BCUT2D eigenvalue weighted by Crippen LogP contribution is 2.19. The number of para-hydroxylation sites is 1. The number of carbonyl (C=O) groups is 1. The van der Waals surface area contributed by atoms with Crippen LogP contribution in [0.25, 0.3) is 0 Å². The molecule has 0 bridgehead atoms. The summed E-state index contributed by atoms with van der Waals surface area (Å²) in [7, 11) is 0. The van der Waals surface area contributed by atoms with Crippen molar-refractivity contribution in [3.63, 3.8) is 0 Å². The van der Waals surface area contributed by atoms with Gasteiger partial charge in [-0.3, -0.25) is 9.69 Å². The number of aliphatic hydroxyl groups excluding tert-OH is 2. The number of carbonyl (C=O) groups excluding carboxylic acids is 1. The first-order valence-corrected chi connectivity index (χ1v) is 11.5. The van der Waals surface area contributed by atoms with E-state index in [1.54, 1.807) is 12.1 Å². The van der Waals surface area contributed by atoms with Crippen LogP contribution in [0, 0.1) is 13.8 Å². The van der Waals surface area contributed by atoms with Crippen LogP contribution in [0.2, 0.25) is 0 Å². The topological polar surface area (TPSA) is 98.8 Å². The average Bonchev–Trinajstić information content (AvgIpc) is 2.86. The van der Waals surface area contributed by atoms with Crippen LogP contribution >= 0.6 is 0 Å². The van der Waals surface area contributed by atoms with Gasteiger partial charge in [-0.25, -0.2) is 0 Å². The number of nitrogens with zero attached hydrogens (tertiary/aromatic N) is 1. The van der Waals surface area contributed by atoms with Crippen LogP contribution in [0.15, 0.2) is 78.9 Å². The van der Waals surface area contributed by atoms with E-state index in [0.29, 0.717) is 6.54 Å². The largest absolute Gasteiger partial charge is 0.392 e. The molecule has 0 aliphatic carbocycles. The molecule has 0 saturated heterocycles. The summed E-state index contributed by atoms with van der Waals surface area (Å²) in [6.07, 6.45) is -0.841. The SMILES string of the molecule is CCN(CC)CC(=O)Nc1c(C)cccc1C.NC(O)c1ccccc1.OCc1ccccc1. The molecular formula is C28H39N3O3. The van der Waals surface area contributed by atoms with Crippen LogP contribution in [-0.4, -0.2) is 40.7 Å². The van der Waals surface area contributed by atoms with Gasteiger partial charge in [-0.05, 0) is 49.2 Å². The van der Waals surface area contributed by atoms with Crippen molar-refractivity contribution in [1.29, 1.82) is 0 Å². The molecule has 3 aromatic rings. The number of nitrogens with one attached hydrogen (secondary N) is 1. The van der Waals surface area contributed by atoms with Gasteiger partial charge < -0.3 is 21.3 Å². The fraction of sp³-hybridized carbons (Fsp3) is 0.321. The van der Waals surface area contributed by atoms with E-state index in [1.165, 1.54) is 0 Å². The fourth-order valence-corrected chi connectivity index (χ4v) is 3.07. The molecule has 6 nitrogen and oxygen atoms in total. The van der Waals surface area contributed by atoms with Crippen molar-refractivity contribution in [2.75, 3.05) is 25.0 Å². The second-order valence-corrected chi connectivity index (χ2v) is 7.78. The molecule has 0 heterocycles. The standard InChI is InChI=1S/C14H22N2O.C7H9NO.C7H8O/c1-5-16(6-2)10-13(17)15-14-11(3)8-7-9-12(14)4;8-7(9)6-4-2-1-3-5-6;8-6-7-4-2-1-3-5-7/h7-9H,5-6,10H2,1-4H3,(H,15,17);1-5,7,9H,8H2;1-5,8H,6H2. The van der Waals surface area contributed by atoms with Gasteiger partial charge in [0.1, 0.15) is 6.23 Å². The van der Waals surface area contributed by atoms with Crippen molar-refractivity contribution in [3.05, 3.63) is 101 Å². The molecule has 0 spiro atoms. The monoisotopic (exact) mass is 465 g/mol. The Morgan fingerprint density at radius 3 is 1.76 bits per heavy atom. The molecule has 0 radical (unpaired) electrons. The molecule has 3 aromatic carbocycles. The van der Waals surface area contributed by atoms with Gasteiger partial charge in [0.15, 0.2) is 0 Å². The van der Waals surface area contributed by atoms with Gasteiger partial charge in [0.25, 0.3) is 0 Å². The van der Waals surface area contributed by atoms with E-state index in [9.17, 15) is 4.79 Å².